The van der Waals surface area contributed by atoms with Crippen LogP contribution in [0.25, 0.3) is 0 Å². The maximum Gasteiger partial charge on any atom is 0.226 e. The first kappa shape index (κ1) is 11.4. The van der Waals surface area contributed by atoms with Gasteiger partial charge in [0.25, 0.3) is 0 Å². The van der Waals surface area contributed by atoms with E-state index in [0.29, 0.717) is 23.3 Å². The molecule has 78 valence electrons. The standard InChI is InChI=1S/C8H12ClN3OS/c1-6-10-8(14-12-6)11-7(13)4-2-3-5-9/h2-5H2,1H3,(H,10,11,12,13). The van der Waals surface area contributed by atoms with Crippen molar-refractivity contribution in [2.45, 2.75) is 26.2 Å². The molecule has 0 atom stereocenters. The number of hydrogen-bond donors (Lipinski definition) is 1. The SMILES string of the molecule is Cc1nsc(NC(=O)CCCCCl)n1. The molecule has 14 heavy (non-hydrogen) atoms. The summed E-state index contributed by atoms with van der Waals surface area (Å²) in [4.78, 5) is 15.3. The molecule has 0 aliphatic carbocycles. The number of carbonyl (C=O) groups is 1. The minimum atomic E-state index is -0.0220. The number of carbonyl (C=O) groups excluding carboxylic acids is 1. The van der Waals surface area contributed by atoms with Gasteiger partial charge in [-0.15, -0.1) is 11.6 Å². The summed E-state index contributed by atoms with van der Waals surface area (Å²) in [5.74, 6) is 1.27. The lowest BCUT2D eigenvalue weighted by molar-refractivity contribution is -0.116. The zero-order chi connectivity index (χ0) is 10.4. The fourth-order valence-corrected chi connectivity index (χ4v) is 1.69. The Hall–Kier alpha value is -0.680. The lowest BCUT2D eigenvalue weighted by Gasteiger charge is -1.99. The molecule has 1 rings (SSSR count). The minimum Gasteiger partial charge on any atom is -0.301 e. The largest absolute Gasteiger partial charge is 0.301 e. The summed E-state index contributed by atoms with van der Waals surface area (Å²) in [5.41, 5.74) is 0. The number of nitrogens with zero attached hydrogens (tertiary/aromatic N) is 2. The molecule has 6 heteroatoms. The summed E-state index contributed by atoms with van der Waals surface area (Å²) in [7, 11) is 0. The Balaban J connectivity index is 2.27. The van der Waals surface area contributed by atoms with Gasteiger partial charge in [0.1, 0.15) is 5.82 Å². The van der Waals surface area contributed by atoms with Crippen molar-refractivity contribution in [1.29, 1.82) is 0 Å². The smallest absolute Gasteiger partial charge is 0.226 e. The predicted octanol–water partition coefficient (Wildman–Crippen LogP) is 2.19. The molecule has 1 aromatic rings. The molecule has 0 aromatic carbocycles. The van der Waals surface area contributed by atoms with Crippen LogP contribution in [0, 0.1) is 6.92 Å². The van der Waals surface area contributed by atoms with Gasteiger partial charge >= 0.3 is 0 Å². The number of nitrogens with one attached hydrogen (secondary N) is 1. The van der Waals surface area contributed by atoms with Crippen LogP contribution in [0.2, 0.25) is 0 Å². The Bertz CT molecular complexity index is 303. The molecule has 0 fully saturated rings. The average molecular weight is 234 g/mol. The number of amides is 1. The van der Waals surface area contributed by atoms with Crippen molar-refractivity contribution in [2.24, 2.45) is 0 Å². The summed E-state index contributed by atoms with van der Waals surface area (Å²) < 4.78 is 3.96. The second kappa shape index (κ2) is 5.93. The van der Waals surface area contributed by atoms with E-state index in [1.807, 2.05) is 0 Å². The van der Waals surface area contributed by atoms with Gasteiger partial charge in [-0.25, -0.2) is 4.98 Å². The van der Waals surface area contributed by atoms with Gasteiger partial charge in [-0.3, -0.25) is 4.79 Å². The molecule has 1 N–H and O–H groups in total. The van der Waals surface area contributed by atoms with Crippen molar-refractivity contribution in [3.05, 3.63) is 5.82 Å². The number of halogens is 1. The molecule has 0 radical (unpaired) electrons. The normalized spacial score (nSPS) is 10.1. The van der Waals surface area contributed by atoms with E-state index < -0.39 is 0 Å². The lowest BCUT2D eigenvalue weighted by atomic mass is 10.2. The third-order valence-electron chi connectivity index (χ3n) is 1.56. The molecule has 0 bridgehead atoms. The van der Waals surface area contributed by atoms with Gasteiger partial charge in [-0.2, -0.15) is 4.37 Å². The molecule has 0 spiro atoms. The summed E-state index contributed by atoms with van der Waals surface area (Å²) in [6.07, 6.45) is 2.17. The van der Waals surface area contributed by atoms with Crippen LogP contribution in [-0.4, -0.2) is 21.1 Å². The highest BCUT2D eigenvalue weighted by Crippen LogP contribution is 2.10. The van der Waals surface area contributed by atoms with Gasteiger partial charge in [-0.1, -0.05) is 0 Å². The molecule has 1 heterocycles. The Morgan fingerprint density at radius 1 is 1.57 bits per heavy atom. The number of hydrogen-bond acceptors (Lipinski definition) is 4. The fraction of sp³-hybridized carbons (Fsp3) is 0.625. The molecule has 1 aromatic heterocycles. The maximum atomic E-state index is 11.3. The van der Waals surface area contributed by atoms with Crippen molar-refractivity contribution < 1.29 is 4.79 Å². The first-order valence-electron chi connectivity index (χ1n) is 4.38. The van der Waals surface area contributed by atoms with Crippen LogP contribution in [0.5, 0.6) is 0 Å². The molecule has 0 saturated carbocycles. The van der Waals surface area contributed by atoms with Crippen LogP contribution in [0.1, 0.15) is 25.1 Å². The first-order chi connectivity index (χ1) is 6.72. The highest BCUT2D eigenvalue weighted by Gasteiger charge is 2.05. The van der Waals surface area contributed by atoms with E-state index in [1.165, 1.54) is 11.5 Å². The van der Waals surface area contributed by atoms with Gasteiger partial charge in [0.15, 0.2) is 0 Å². The third kappa shape index (κ3) is 4.02. The fourth-order valence-electron chi connectivity index (χ4n) is 0.910. The Morgan fingerprint density at radius 3 is 2.93 bits per heavy atom. The molecule has 4 nitrogen and oxygen atoms in total. The lowest BCUT2D eigenvalue weighted by Crippen LogP contribution is -2.10. The second-order valence-corrected chi connectivity index (χ2v) is 3.97. The van der Waals surface area contributed by atoms with Crippen LogP contribution in [0.3, 0.4) is 0 Å². The van der Waals surface area contributed by atoms with Crippen LogP contribution in [-0.2, 0) is 4.79 Å². The van der Waals surface area contributed by atoms with Crippen molar-refractivity contribution in [1.82, 2.24) is 9.36 Å². The number of aryl methyl sites for hydroxylation is 1. The van der Waals surface area contributed by atoms with Crippen molar-refractivity contribution in [2.75, 3.05) is 11.2 Å². The highest BCUT2D eigenvalue weighted by molar-refractivity contribution is 7.09. The Morgan fingerprint density at radius 2 is 2.36 bits per heavy atom. The van der Waals surface area contributed by atoms with E-state index in [4.69, 9.17) is 11.6 Å². The third-order valence-corrected chi connectivity index (χ3v) is 2.55. The summed E-state index contributed by atoms with van der Waals surface area (Å²) in [6, 6.07) is 0. The molecular formula is C8H12ClN3OS. The van der Waals surface area contributed by atoms with Crippen LogP contribution in [0.4, 0.5) is 5.13 Å². The Kier molecular flexibility index (Phi) is 4.82. The number of anilines is 1. The summed E-state index contributed by atoms with van der Waals surface area (Å²) in [6.45, 7) is 1.79. The minimum absolute atomic E-state index is 0.0220. The van der Waals surface area contributed by atoms with Crippen LogP contribution < -0.4 is 5.32 Å². The average Bonchev–Trinajstić information content (AvgIpc) is 2.52. The topological polar surface area (TPSA) is 54.9 Å². The molecule has 0 aliphatic heterocycles. The van der Waals surface area contributed by atoms with Crippen LogP contribution in [0.15, 0.2) is 0 Å². The molecule has 0 unspecified atom stereocenters. The van der Waals surface area contributed by atoms with Crippen molar-refractivity contribution >= 4 is 34.2 Å². The van der Waals surface area contributed by atoms with E-state index in [0.717, 1.165) is 12.8 Å². The van der Waals surface area contributed by atoms with Gasteiger partial charge in [0.05, 0.1) is 0 Å². The van der Waals surface area contributed by atoms with Crippen molar-refractivity contribution in [3.8, 4) is 0 Å². The maximum absolute atomic E-state index is 11.3. The molecule has 0 aliphatic rings. The monoisotopic (exact) mass is 233 g/mol. The number of aromatic nitrogens is 2. The van der Waals surface area contributed by atoms with E-state index in [1.54, 1.807) is 6.92 Å². The second-order valence-electron chi connectivity index (χ2n) is 2.84. The van der Waals surface area contributed by atoms with Crippen molar-refractivity contribution in [3.63, 3.8) is 0 Å². The zero-order valence-corrected chi connectivity index (χ0v) is 9.49. The quantitative estimate of drug-likeness (QED) is 0.627. The molecular weight excluding hydrogens is 222 g/mol. The van der Waals surface area contributed by atoms with E-state index in [-0.39, 0.29) is 5.91 Å². The van der Waals surface area contributed by atoms with Gasteiger partial charge in [-0.05, 0) is 19.8 Å². The highest BCUT2D eigenvalue weighted by atomic mass is 35.5. The van der Waals surface area contributed by atoms with E-state index in [2.05, 4.69) is 14.7 Å². The molecule has 0 saturated heterocycles. The summed E-state index contributed by atoms with van der Waals surface area (Å²) >= 11 is 6.69. The number of unbranched alkanes of at least 4 members (excludes halogenated alkanes) is 1. The van der Waals surface area contributed by atoms with Crippen LogP contribution >= 0.6 is 23.1 Å². The summed E-state index contributed by atoms with van der Waals surface area (Å²) in [5, 5.41) is 3.25. The predicted molar refractivity (Wildman–Crippen MR) is 57.8 cm³/mol. The zero-order valence-electron chi connectivity index (χ0n) is 7.92. The van der Waals surface area contributed by atoms with E-state index >= 15 is 0 Å². The van der Waals surface area contributed by atoms with Gasteiger partial charge < -0.3 is 5.32 Å². The van der Waals surface area contributed by atoms with Gasteiger partial charge in [0, 0.05) is 23.8 Å². The first-order valence-corrected chi connectivity index (χ1v) is 5.69. The van der Waals surface area contributed by atoms with Gasteiger partial charge in [0.2, 0.25) is 11.0 Å². The Labute approximate surface area is 91.9 Å². The number of alkyl halides is 1. The molecule has 1 amide bonds. The van der Waals surface area contributed by atoms with E-state index in [9.17, 15) is 4.79 Å². The number of rotatable bonds is 5.